The van der Waals surface area contributed by atoms with Gasteiger partial charge in [0.1, 0.15) is 0 Å². The lowest BCUT2D eigenvalue weighted by molar-refractivity contribution is -0.136. The molecule has 1 aliphatic rings. The van der Waals surface area contributed by atoms with Crippen molar-refractivity contribution < 1.29 is 9.90 Å². The van der Waals surface area contributed by atoms with Crippen molar-refractivity contribution >= 4 is 5.97 Å². The van der Waals surface area contributed by atoms with Crippen LogP contribution in [0.3, 0.4) is 0 Å². The summed E-state index contributed by atoms with van der Waals surface area (Å²) in [5.74, 6) is -0.767. The molecule has 1 saturated carbocycles. The van der Waals surface area contributed by atoms with Crippen molar-refractivity contribution in [3.8, 4) is 0 Å². The average Bonchev–Trinajstić information content (AvgIpc) is 1.94. The van der Waals surface area contributed by atoms with Crippen molar-refractivity contribution in [1.82, 2.24) is 5.32 Å². The molecule has 0 bridgehead atoms. The van der Waals surface area contributed by atoms with E-state index < -0.39 is 5.97 Å². The largest absolute Gasteiger partial charge is 0.480 e. The predicted octanol–water partition coefficient (Wildman–Crippen LogP) is 2.27. The van der Waals surface area contributed by atoms with Gasteiger partial charge < -0.3 is 10.4 Å². The minimum atomic E-state index is -0.767. The maximum absolute atomic E-state index is 10.5. The molecule has 88 valence electrons. The minimum Gasteiger partial charge on any atom is -0.480 e. The third-order valence-corrected chi connectivity index (χ3v) is 3.10. The van der Waals surface area contributed by atoms with Crippen LogP contribution in [-0.2, 0) is 4.79 Å². The van der Waals surface area contributed by atoms with Gasteiger partial charge in [-0.25, -0.2) is 0 Å². The third kappa shape index (κ3) is 4.20. The van der Waals surface area contributed by atoms with Gasteiger partial charge in [0.25, 0.3) is 0 Å². The number of rotatable bonds is 3. The van der Waals surface area contributed by atoms with Crippen LogP contribution in [0.5, 0.6) is 0 Å². The molecule has 3 heteroatoms. The number of nitrogens with one attached hydrogen (secondary N) is 1. The van der Waals surface area contributed by atoms with Crippen LogP contribution < -0.4 is 5.32 Å². The van der Waals surface area contributed by atoms with E-state index in [1.807, 2.05) is 0 Å². The summed E-state index contributed by atoms with van der Waals surface area (Å²) in [6.07, 6.45) is 3.36. The Balaban J connectivity index is 2.55. The maximum atomic E-state index is 10.5. The van der Waals surface area contributed by atoms with E-state index in [4.69, 9.17) is 5.11 Å². The number of hydrogen-bond donors (Lipinski definition) is 2. The Labute approximate surface area is 92.3 Å². The van der Waals surface area contributed by atoms with Gasteiger partial charge in [0.05, 0.1) is 6.54 Å². The molecular formula is C12H23NO2. The van der Waals surface area contributed by atoms with Crippen LogP contribution in [-0.4, -0.2) is 23.7 Å². The highest BCUT2D eigenvalue weighted by atomic mass is 16.4. The molecule has 2 N–H and O–H groups in total. The van der Waals surface area contributed by atoms with Crippen molar-refractivity contribution in [2.45, 2.75) is 53.0 Å². The SMILES string of the molecule is CC1(C)CC(NCC(=O)O)CC(C)(C)C1. The molecule has 0 amide bonds. The Bertz CT molecular complexity index is 230. The van der Waals surface area contributed by atoms with E-state index in [9.17, 15) is 4.79 Å². The van der Waals surface area contributed by atoms with Crippen LogP contribution in [0.2, 0.25) is 0 Å². The van der Waals surface area contributed by atoms with Crippen molar-refractivity contribution in [1.29, 1.82) is 0 Å². The zero-order chi connectivity index (χ0) is 11.7. The van der Waals surface area contributed by atoms with Gasteiger partial charge in [0.2, 0.25) is 0 Å². The van der Waals surface area contributed by atoms with Gasteiger partial charge >= 0.3 is 5.97 Å². The van der Waals surface area contributed by atoms with E-state index in [-0.39, 0.29) is 6.54 Å². The van der Waals surface area contributed by atoms with E-state index >= 15 is 0 Å². The highest BCUT2D eigenvalue weighted by molar-refractivity contribution is 5.69. The molecule has 0 unspecified atom stereocenters. The van der Waals surface area contributed by atoms with Crippen LogP contribution in [0, 0.1) is 10.8 Å². The first kappa shape index (κ1) is 12.5. The predicted molar refractivity (Wildman–Crippen MR) is 60.8 cm³/mol. The Morgan fingerprint density at radius 3 is 2.13 bits per heavy atom. The summed E-state index contributed by atoms with van der Waals surface area (Å²) < 4.78 is 0. The first-order valence-electron chi connectivity index (χ1n) is 5.65. The molecule has 0 aromatic carbocycles. The van der Waals surface area contributed by atoms with E-state index in [1.165, 1.54) is 6.42 Å². The van der Waals surface area contributed by atoms with Gasteiger partial charge in [-0.05, 0) is 30.1 Å². The van der Waals surface area contributed by atoms with Crippen LogP contribution in [0.25, 0.3) is 0 Å². The summed E-state index contributed by atoms with van der Waals surface area (Å²) in [6.45, 7) is 9.15. The topological polar surface area (TPSA) is 49.3 Å². The van der Waals surface area contributed by atoms with Crippen molar-refractivity contribution in [3.05, 3.63) is 0 Å². The first-order valence-corrected chi connectivity index (χ1v) is 5.65. The molecule has 1 rings (SSSR count). The normalized spacial score (nSPS) is 25.1. The molecule has 0 radical (unpaired) electrons. The molecule has 3 nitrogen and oxygen atoms in total. The number of carbonyl (C=O) groups is 1. The van der Waals surface area contributed by atoms with Crippen molar-refractivity contribution in [2.75, 3.05) is 6.54 Å². The molecule has 0 aliphatic heterocycles. The van der Waals surface area contributed by atoms with E-state index in [2.05, 4.69) is 33.0 Å². The second kappa shape index (κ2) is 4.12. The van der Waals surface area contributed by atoms with Gasteiger partial charge in [0.15, 0.2) is 0 Å². The lowest BCUT2D eigenvalue weighted by atomic mass is 9.63. The zero-order valence-corrected chi connectivity index (χ0v) is 10.3. The van der Waals surface area contributed by atoms with Gasteiger partial charge in [-0.15, -0.1) is 0 Å². The lowest BCUT2D eigenvalue weighted by Gasteiger charge is -2.45. The number of carboxylic acids is 1. The Hall–Kier alpha value is -0.570. The second-order valence-electron chi connectivity index (χ2n) is 6.39. The monoisotopic (exact) mass is 213 g/mol. The number of hydrogen-bond acceptors (Lipinski definition) is 2. The highest BCUT2D eigenvalue weighted by Crippen LogP contribution is 2.45. The van der Waals surface area contributed by atoms with Crippen LogP contribution >= 0.6 is 0 Å². The fraction of sp³-hybridized carbons (Fsp3) is 0.917. The van der Waals surface area contributed by atoms with Gasteiger partial charge in [-0.1, -0.05) is 27.7 Å². The molecule has 15 heavy (non-hydrogen) atoms. The van der Waals surface area contributed by atoms with Gasteiger partial charge in [0, 0.05) is 6.04 Å². The summed E-state index contributed by atoms with van der Waals surface area (Å²) in [5, 5.41) is 11.8. The zero-order valence-electron chi connectivity index (χ0n) is 10.3. The summed E-state index contributed by atoms with van der Waals surface area (Å²) in [4.78, 5) is 10.5. The summed E-state index contributed by atoms with van der Waals surface area (Å²) in [5.41, 5.74) is 0.635. The molecule has 1 fully saturated rings. The maximum Gasteiger partial charge on any atom is 0.317 e. The summed E-state index contributed by atoms with van der Waals surface area (Å²) in [6, 6.07) is 0.347. The van der Waals surface area contributed by atoms with Gasteiger partial charge in [-0.3, -0.25) is 4.79 Å². The molecule has 0 spiro atoms. The Kier molecular flexibility index (Phi) is 3.44. The molecule has 0 saturated heterocycles. The third-order valence-electron chi connectivity index (χ3n) is 3.10. The number of aliphatic carboxylic acids is 1. The van der Waals surface area contributed by atoms with Crippen LogP contribution in [0.15, 0.2) is 0 Å². The lowest BCUT2D eigenvalue weighted by Crippen LogP contribution is -2.45. The van der Waals surface area contributed by atoms with Crippen molar-refractivity contribution in [3.63, 3.8) is 0 Å². The quantitative estimate of drug-likeness (QED) is 0.756. The molecule has 0 heterocycles. The molecular weight excluding hydrogens is 190 g/mol. The molecule has 1 aliphatic carbocycles. The minimum absolute atomic E-state index is 0.0802. The highest BCUT2D eigenvalue weighted by Gasteiger charge is 2.38. The number of carboxylic acid groups (broad SMARTS) is 1. The van der Waals surface area contributed by atoms with Crippen LogP contribution in [0.1, 0.15) is 47.0 Å². The second-order valence-corrected chi connectivity index (χ2v) is 6.39. The smallest absolute Gasteiger partial charge is 0.317 e. The average molecular weight is 213 g/mol. The van der Waals surface area contributed by atoms with E-state index in [1.54, 1.807) is 0 Å². The molecule has 0 aromatic heterocycles. The first-order chi connectivity index (χ1) is 6.70. The van der Waals surface area contributed by atoms with Crippen LogP contribution in [0.4, 0.5) is 0 Å². The van der Waals surface area contributed by atoms with E-state index in [0.29, 0.717) is 16.9 Å². The molecule has 0 aromatic rings. The Morgan fingerprint density at radius 2 is 1.73 bits per heavy atom. The summed E-state index contributed by atoms with van der Waals surface area (Å²) in [7, 11) is 0. The standard InChI is InChI=1S/C12H23NO2/c1-11(2)5-9(13-7-10(14)15)6-12(3,4)8-11/h9,13H,5-8H2,1-4H3,(H,14,15). The fourth-order valence-electron chi connectivity index (χ4n) is 3.22. The summed E-state index contributed by atoms with van der Waals surface area (Å²) >= 11 is 0. The molecule has 0 atom stereocenters. The fourth-order valence-corrected chi connectivity index (χ4v) is 3.22. The van der Waals surface area contributed by atoms with E-state index in [0.717, 1.165) is 12.8 Å². The van der Waals surface area contributed by atoms with Crippen molar-refractivity contribution in [2.24, 2.45) is 10.8 Å². The van der Waals surface area contributed by atoms with Gasteiger partial charge in [-0.2, -0.15) is 0 Å². The Morgan fingerprint density at radius 1 is 1.27 bits per heavy atom.